The lowest BCUT2D eigenvalue weighted by molar-refractivity contribution is -0.136. The van der Waals surface area contributed by atoms with Gasteiger partial charge >= 0.3 is 0 Å². The normalized spacial score (nSPS) is 21.4. The van der Waals surface area contributed by atoms with Crippen LogP contribution in [0.15, 0.2) is 48.9 Å². The molecule has 2 saturated heterocycles. The van der Waals surface area contributed by atoms with Crippen LogP contribution in [0.4, 0.5) is 0 Å². The standard InChI is InChI=1S/C27H32N6O/c1-2-20-3-5-22(28-17-20)16-26(34)31-13-9-27(10-14-31)18-32(19-27)25-8-4-21-15-23(6-7-24(21)25)33-29-11-12-30-33/h3,5-7,11-12,15,17,25H,2,4,8-10,13-14,16,18-19H2,1H3. The Kier molecular flexibility index (Phi) is 5.44. The molecular formula is C27H32N6O. The molecular weight excluding hydrogens is 424 g/mol. The number of fused-ring (bicyclic) bond motifs is 1. The average Bonchev–Trinajstić information content (AvgIpc) is 3.53. The first kappa shape index (κ1) is 21.5. The lowest BCUT2D eigenvalue weighted by Crippen LogP contribution is -2.61. The van der Waals surface area contributed by atoms with Crippen molar-refractivity contribution in [3.63, 3.8) is 0 Å². The highest BCUT2D eigenvalue weighted by atomic mass is 16.2. The van der Waals surface area contributed by atoms with Crippen LogP contribution in [-0.2, 0) is 24.1 Å². The number of aryl methyl sites for hydroxylation is 2. The van der Waals surface area contributed by atoms with Crippen molar-refractivity contribution in [2.24, 2.45) is 5.41 Å². The van der Waals surface area contributed by atoms with Gasteiger partial charge in [0.1, 0.15) is 0 Å². The van der Waals surface area contributed by atoms with E-state index in [1.807, 2.05) is 12.3 Å². The Morgan fingerprint density at radius 1 is 1.09 bits per heavy atom. The molecule has 176 valence electrons. The zero-order valence-electron chi connectivity index (χ0n) is 19.9. The number of aromatic nitrogens is 4. The van der Waals surface area contributed by atoms with Crippen molar-refractivity contribution in [1.82, 2.24) is 29.8 Å². The molecule has 1 unspecified atom stereocenters. The average molecular weight is 457 g/mol. The second-order valence-corrected chi connectivity index (χ2v) is 10.2. The molecule has 7 heteroatoms. The number of carbonyl (C=O) groups excluding carboxylic acids is 1. The highest BCUT2D eigenvalue weighted by Crippen LogP contribution is 2.47. The molecule has 4 heterocycles. The molecule has 2 aromatic heterocycles. The third-order valence-corrected chi connectivity index (χ3v) is 8.14. The van der Waals surface area contributed by atoms with Gasteiger partial charge in [-0.1, -0.05) is 19.1 Å². The minimum Gasteiger partial charge on any atom is -0.342 e. The lowest BCUT2D eigenvalue weighted by atomic mass is 9.71. The number of piperidine rings is 1. The van der Waals surface area contributed by atoms with Gasteiger partial charge in [0.2, 0.25) is 5.91 Å². The summed E-state index contributed by atoms with van der Waals surface area (Å²) in [6.07, 6.45) is 11.3. The van der Waals surface area contributed by atoms with Gasteiger partial charge in [-0.25, -0.2) is 0 Å². The van der Waals surface area contributed by atoms with Crippen molar-refractivity contribution in [3.8, 4) is 5.69 Å². The van der Waals surface area contributed by atoms with Crippen molar-refractivity contribution in [3.05, 3.63) is 71.3 Å². The van der Waals surface area contributed by atoms with Crippen LogP contribution < -0.4 is 0 Å². The molecule has 0 N–H and O–H groups in total. The Labute approximate surface area is 200 Å². The number of likely N-dealkylation sites (tertiary alicyclic amines) is 2. The van der Waals surface area contributed by atoms with Crippen molar-refractivity contribution in [1.29, 1.82) is 0 Å². The smallest absolute Gasteiger partial charge is 0.228 e. The number of hydrogen-bond donors (Lipinski definition) is 0. The molecule has 1 aromatic carbocycles. The molecule has 2 fully saturated rings. The minimum absolute atomic E-state index is 0.218. The predicted molar refractivity (Wildman–Crippen MR) is 130 cm³/mol. The third-order valence-electron chi connectivity index (χ3n) is 8.14. The monoisotopic (exact) mass is 456 g/mol. The van der Waals surface area contributed by atoms with Gasteiger partial charge < -0.3 is 4.90 Å². The van der Waals surface area contributed by atoms with Crippen LogP contribution in [0.2, 0.25) is 0 Å². The molecule has 1 spiro atoms. The SMILES string of the molecule is CCc1ccc(CC(=O)N2CCC3(CC2)CN(C2CCc4cc(-n5nccn5)ccc42)C3)nc1. The molecule has 6 rings (SSSR count). The minimum atomic E-state index is 0.218. The molecule has 7 nitrogen and oxygen atoms in total. The Morgan fingerprint density at radius 3 is 2.59 bits per heavy atom. The van der Waals surface area contributed by atoms with Gasteiger partial charge in [-0.3, -0.25) is 14.7 Å². The highest BCUT2D eigenvalue weighted by Gasteiger charge is 2.48. The summed E-state index contributed by atoms with van der Waals surface area (Å²) in [5, 5.41) is 8.53. The van der Waals surface area contributed by atoms with Gasteiger partial charge in [0, 0.05) is 44.1 Å². The summed E-state index contributed by atoms with van der Waals surface area (Å²) in [5.41, 5.74) is 6.42. The quantitative estimate of drug-likeness (QED) is 0.589. The van der Waals surface area contributed by atoms with E-state index in [4.69, 9.17) is 0 Å². The molecule has 1 aliphatic carbocycles. The van der Waals surface area contributed by atoms with Gasteiger partial charge in [0.05, 0.1) is 24.5 Å². The maximum absolute atomic E-state index is 12.8. The summed E-state index contributed by atoms with van der Waals surface area (Å²) in [6.45, 7) is 6.18. The number of amides is 1. The highest BCUT2D eigenvalue weighted by molar-refractivity contribution is 5.78. The summed E-state index contributed by atoms with van der Waals surface area (Å²) >= 11 is 0. The van der Waals surface area contributed by atoms with E-state index in [0.29, 0.717) is 17.9 Å². The van der Waals surface area contributed by atoms with Gasteiger partial charge in [0.25, 0.3) is 0 Å². The second kappa shape index (κ2) is 8.62. The molecule has 1 atom stereocenters. The Balaban J connectivity index is 1.03. The summed E-state index contributed by atoms with van der Waals surface area (Å²) in [6, 6.07) is 11.3. The van der Waals surface area contributed by atoms with Gasteiger partial charge in [-0.2, -0.15) is 15.0 Å². The fourth-order valence-corrected chi connectivity index (χ4v) is 6.05. The van der Waals surface area contributed by atoms with E-state index in [-0.39, 0.29) is 5.91 Å². The summed E-state index contributed by atoms with van der Waals surface area (Å²) in [5.74, 6) is 0.218. The Hall–Kier alpha value is -3.06. The van der Waals surface area contributed by atoms with E-state index in [1.54, 1.807) is 17.2 Å². The van der Waals surface area contributed by atoms with Gasteiger partial charge in [-0.05, 0) is 72.4 Å². The molecule has 0 bridgehead atoms. The Morgan fingerprint density at radius 2 is 1.88 bits per heavy atom. The zero-order valence-corrected chi connectivity index (χ0v) is 19.9. The van der Waals surface area contributed by atoms with Crippen LogP contribution in [0, 0.1) is 5.41 Å². The van der Waals surface area contributed by atoms with E-state index < -0.39 is 0 Å². The van der Waals surface area contributed by atoms with Gasteiger partial charge in [-0.15, -0.1) is 0 Å². The van der Waals surface area contributed by atoms with Crippen molar-refractivity contribution < 1.29 is 4.79 Å². The van der Waals surface area contributed by atoms with E-state index >= 15 is 0 Å². The van der Waals surface area contributed by atoms with Crippen molar-refractivity contribution >= 4 is 5.91 Å². The predicted octanol–water partition coefficient (Wildman–Crippen LogP) is 3.38. The van der Waals surface area contributed by atoms with Crippen LogP contribution >= 0.6 is 0 Å². The first-order chi connectivity index (χ1) is 16.6. The lowest BCUT2D eigenvalue weighted by Gasteiger charge is -2.56. The number of hydrogen-bond acceptors (Lipinski definition) is 5. The molecule has 3 aliphatic rings. The number of benzene rings is 1. The van der Waals surface area contributed by atoms with Gasteiger partial charge in [0.15, 0.2) is 0 Å². The molecule has 0 radical (unpaired) electrons. The fourth-order valence-electron chi connectivity index (χ4n) is 6.05. The molecule has 34 heavy (non-hydrogen) atoms. The van der Waals surface area contributed by atoms with Crippen LogP contribution in [-0.4, -0.2) is 61.9 Å². The van der Waals surface area contributed by atoms with Crippen molar-refractivity contribution in [2.75, 3.05) is 26.2 Å². The number of pyridine rings is 1. The number of carbonyl (C=O) groups is 1. The van der Waals surface area contributed by atoms with E-state index in [2.05, 4.69) is 56.2 Å². The van der Waals surface area contributed by atoms with Crippen molar-refractivity contribution in [2.45, 2.75) is 51.5 Å². The van der Waals surface area contributed by atoms with E-state index in [0.717, 1.165) is 63.2 Å². The van der Waals surface area contributed by atoms with E-state index in [9.17, 15) is 4.79 Å². The largest absolute Gasteiger partial charge is 0.342 e. The third kappa shape index (κ3) is 3.92. The first-order valence-corrected chi connectivity index (χ1v) is 12.6. The summed E-state index contributed by atoms with van der Waals surface area (Å²) in [7, 11) is 0. The fraction of sp³-hybridized carbons (Fsp3) is 0.481. The van der Waals surface area contributed by atoms with Crippen LogP contribution in [0.1, 0.15) is 54.6 Å². The number of rotatable bonds is 5. The second-order valence-electron chi connectivity index (χ2n) is 10.2. The summed E-state index contributed by atoms with van der Waals surface area (Å²) in [4.78, 5) is 23.7. The molecule has 3 aromatic rings. The van der Waals surface area contributed by atoms with Crippen LogP contribution in [0.5, 0.6) is 0 Å². The first-order valence-electron chi connectivity index (χ1n) is 12.6. The topological polar surface area (TPSA) is 67.2 Å². The van der Waals surface area contributed by atoms with E-state index in [1.165, 1.54) is 23.1 Å². The van der Waals surface area contributed by atoms with Crippen LogP contribution in [0.3, 0.4) is 0 Å². The number of nitrogens with zero attached hydrogens (tertiary/aromatic N) is 6. The molecule has 0 saturated carbocycles. The molecule has 1 amide bonds. The van der Waals surface area contributed by atoms with Crippen LogP contribution in [0.25, 0.3) is 5.69 Å². The molecule has 2 aliphatic heterocycles. The zero-order chi connectivity index (χ0) is 23.1. The Bertz CT molecular complexity index is 1160. The summed E-state index contributed by atoms with van der Waals surface area (Å²) < 4.78 is 0. The maximum Gasteiger partial charge on any atom is 0.228 e. The maximum atomic E-state index is 12.8.